The van der Waals surface area contributed by atoms with E-state index in [2.05, 4.69) is 15.6 Å². The Balaban J connectivity index is 1.67. The molecule has 0 bridgehead atoms. The highest BCUT2D eigenvalue weighted by molar-refractivity contribution is 6.30. The number of carbonyl (C=O) groups is 1. The number of amides is 1. The molecule has 2 N–H and O–H groups in total. The highest BCUT2D eigenvalue weighted by Crippen LogP contribution is 2.29. The number of rotatable bonds is 2. The predicted octanol–water partition coefficient (Wildman–Crippen LogP) is 3.71. The molecule has 0 unspecified atom stereocenters. The fraction of sp³-hybridized carbons (Fsp3) is 0.158. The number of halogens is 1. The van der Waals surface area contributed by atoms with Crippen LogP contribution in [-0.2, 0) is 11.3 Å². The third kappa shape index (κ3) is 2.75. The van der Waals surface area contributed by atoms with Crippen LogP contribution in [0.15, 0.2) is 54.9 Å². The minimum absolute atomic E-state index is 0.0520. The zero-order chi connectivity index (χ0) is 16.5. The Morgan fingerprint density at radius 2 is 2.08 bits per heavy atom. The average Bonchev–Trinajstić information content (AvgIpc) is 2.61. The van der Waals surface area contributed by atoms with Crippen molar-refractivity contribution in [1.82, 2.24) is 10.3 Å². The quantitative estimate of drug-likeness (QED) is 0.749. The molecule has 0 fully saturated rings. The van der Waals surface area contributed by atoms with Crippen molar-refractivity contribution in [1.29, 1.82) is 0 Å². The number of anilines is 1. The molecule has 0 spiro atoms. The Kier molecular flexibility index (Phi) is 3.92. The summed E-state index contributed by atoms with van der Waals surface area (Å²) < 4.78 is 0. The first kappa shape index (κ1) is 15.1. The van der Waals surface area contributed by atoms with E-state index in [0.717, 1.165) is 34.1 Å². The van der Waals surface area contributed by atoms with Crippen LogP contribution in [0.4, 0.5) is 5.69 Å². The van der Waals surface area contributed by atoms with Crippen LogP contribution in [0.2, 0.25) is 5.02 Å². The number of aromatic nitrogens is 1. The molecule has 0 saturated heterocycles. The molecule has 1 atom stereocenters. The van der Waals surface area contributed by atoms with Gasteiger partial charge in [-0.3, -0.25) is 9.78 Å². The zero-order valence-corrected chi connectivity index (χ0v) is 13.7. The summed E-state index contributed by atoms with van der Waals surface area (Å²) in [4.78, 5) is 17.1. The summed E-state index contributed by atoms with van der Waals surface area (Å²) in [5.41, 5.74) is 2.83. The molecule has 120 valence electrons. The lowest BCUT2D eigenvalue weighted by Gasteiger charge is -2.26. The van der Waals surface area contributed by atoms with Gasteiger partial charge in [0.05, 0.1) is 17.8 Å². The Bertz CT molecular complexity index is 920. The van der Waals surface area contributed by atoms with Gasteiger partial charge in [-0.2, -0.15) is 0 Å². The fourth-order valence-corrected chi connectivity index (χ4v) is 3.36. The molecule has 2 aromatic carbocycles. The second-order valence-corrected chi connectivity index (χ2v) is 6.36. The van der Waals surface area contributed by atoms with Crippen LogP contribution in [0.3, 0.4) is 0 Å². The molecule has 1 aliphatic heterocycles. The second-order valence-electron chi connectivity index (χ2n) is 5.92. The summed E-state index contributed by atoms with van der Waals surface area (Å²) in [5, 5.41) is 8.96. The Labute approximate surface area is 144 Å². The normalized spacial score (nSPS) is 16.6. The fourth-order valence-electron chi connectivity index (χ4n) is 3.18. The van der Waals surface area contributed by atoms with Gasteiger partial charge < -0.3 is 10.6 Å². The standard InChI is InChI=1S/C19H16ClN3O/c20-14-6-5-13-9-21-10-17(16(13)7-14)19(24)23-18-11-22-8-12-3-1-2-4-15(12)18/h1-8,11,17,21H,9-10H2,(H,23,24)/t17-/m1/s1. The lowest BCUT2D eigenvalue weighted by molar-refractivity contribution is -0.117. The smallest absolute Gasteiger partial charge is 0.233 e. The highest BCUT2D eigenvalue weighted by atomic mass is 35.5. The maximum absolute atomic E-state index is 12.9. The van der Waals surface area contributed by atoms with Crippen molar-refractivity contribution in [2.24, 2.45) is 0 Å². The van der Waals surface area contributed by atoms with E-state index in [9.17, 15) is 4.79 Å². The van der Waals surface area contributed by atoms with E-state index < -0.39 is 0 Å². The molecule has 0 saturated carbocycles. The van der Waals surface area contributed by atoms with Gasteiger partial charge in [0.15, 0.2) is 0 Å². The number of nitrogens with one attached hydrogen (secondary N) is 2. The van der Waals surface area contributed by atoms with Crippen LogP contribution >= 0.6 is 11.6 Å². The van der Waals surface area contributed by atoms with Crippen LogP contribution in [0.5, 0.6) is 0 Å². The number of nitrogens with zero attached hydrogens (tertiary/aromatic N) is 1. The molecule has 4 nitrogen and oxygen atoms in total. The molecule has 1 aromatic heterocycles. The van der Waals surface area contributed by atoms with E-state index in [0.29, 0.717) is 11.6 Å². The summed E-state index contributed by atoms with van der Waals surface area (Å²) >= 11 is 6.12. The summed E-state index contributed by atoms with van der Waals surface area (Å²) in [6, 6.07) is 13.6. The van der Waals surface area contributed by atoms with E-state index >= 15 is 0 Å². The maximum Gasteiger partial charge on any atom is 0.233 e. The molecule has 5 heteroatoms. The Morgan fingerprint density at radius 1 is 1.21 bits per heavy atom. The molecule has 2 heterocycles. The number of hydrogen-bond acceptors (Lipinski definition) is 3. The third-order valence-electron chi connectivity index (χ3n) is 4.39. The lowest BCUT2D eigenvalue weighted by Crippen LogP contribution is -2.35. The number of hydrogen-bond donors (Lipinski definition) is 2. The second kappa shape index (κ2) is 6.23. The molecular formula is C19H16ClN3O. The van der Waals surface area contributed by atoms with E-state index in [1.165, 1.54) is 0 Å². The number of carbonyl (C=O) groups excluding carboxylic acids is 1. The summed E-state index contributed by atoms with van der Waals surface area (Å²) in [6.45, 7) is 1.35. The van der Waals surface area contributed by atoms with Crippen LogP contribution in [0.25, 0.3) is 10.8 Å². The first-order valence-corrected chi connectivity index (χ1v) is 8.23. The first-order valence-electron chi connectivity index (χ1n) is 7.85. The number of pyridine rings is 1. The number of fused-ring (bicyclic) bond motifs is 2. The van der Waals surface area contributed by atoms with Crippen molar-refractivity contribution in [2.45, 2.75) is 12.5 Å². The van der Waals surface area contributed by atoms with Gasteiger partial charge in [0.25, 0.3) is 0 Å². The molecule has 1 amide bonds. The van der Waals surface area contributed by atoms with Crippen LogP contribution in [0.1, 0.15) is 17.0 Å². The van der Waals surface area contributed by atoms with E-state index in [1.54, 1.807) is 12.4 Å². The minimum atomic E-state index is -0.272. The summed E-state index contributed by atoms with van der Waals surface area (Å²) in [7, 11) is 0. The van der Waals surface area contributed by atoms with Crippen LogP contribution < -0.4 is 10.6 Å². The van der Waals surface area contributed by atoms with Crippen molar-refractivity contribution in [3.8, 4) is 0 Å². The van der Waals surface area contributed by atoms with Crippen LogP contribution in [0, 0.1) is 0 Å². The molecular weight excluding hydrogens is 322 g/mol. The Hall–Kier alpha value is -2.43. The third-order valence-corrected chi connectivity index (χ3v) is 4.62. The van der Waals surface area contributed by atoms with Gasteiger partial charge in [0.1, 0.15) is 0 Å². The van der Waals surface area contributed by atoms with Gasteiger partial charge in [-0.1, -0.05) is 41.9 Å². The van der Waals surface area contributed by atoms with E-state index in [1.807, 2.05) is 42.5 Å². The maximum atomic E-state index is 12.9. The zero-order valence-electron chi connectivity index (χ0n) is 12.9. The van der Waals surface area contributed by atoms with Gasteiger partial charge in [-0.05, 0) is 23.3 Å². The largest absolute Gasteiger partial charge is 0.324 e. The topological polar surface area (TPSA) is 54.0 Å². The molecule has 24 heavy (non-hydrogen) atoms. The first-order chi connectivity index (χ1) is 11.7. The van der Waals surface area contributed by atoms with Gasteiger partial charge in [-0.25, -0.2) is 0 Å². The predicted molar refractivity (Wildman–Crippen MR) is 96.3 cm³/mol. The Morgan fingerprint density at radius 3 is 3.00 bits per heavy atom. The monoisotopic (exact) mass is 337 g/mol. The van der Waals surface area contributed by atoms with Crippen molar-refractivity contribution >= 4 is 34.0 Å². The van der Waals surface area contributed by atoms with Crippen molar-refractivity contribution in [3.63, 3.8) is 0 Å². The van der Waals surface area contributed by atoms with Crippen LogP contribution in [-0.4, -0.2) is 17.4 Å². The lowest BCUT2D eigenvalue weighted by atomic mass is 9.90. The summed E-state index contributed by atoms with van der Waals surface area (Å²) in [5.74, 6) is -0.324. The van der Waals surface area contributed by atoms with Crippen molar-refractivity contribution in [3.05, 3.63) is 71.0 Å². The SMILES string of the molecule is O=C(Nc1cncc2ccccc12)[C@@H]1CNCc2ccc(Cl)cc21. The van der Waals surface area contributed by atoms with Crippen molar-refractivity contribution in [2.75, 3.05) is 11.9 Å². The van der Waals surface area contributed by atoms with Gasteiger partial charge >= 0.3 is 0 Å². The molecule has 0 radical (unpaired) electrons. The van der Waals surface area contributed by atoms with E-state index in [4.69, 9.17) is 11.6 Å². The average molecular weight is 338 g/mol. The van der Waals surface area contributed by atoms with Gasteiger partial charge in [0.2, 0.25) is 5.91 Å². The number of benzene rings is 2. The molecule has 0 aliphatic carbocycles. The van der Waals surface area contributed by atoms with Gasteiger partial charge in [-0.15, -0.1) is 0 Å². The van der Waals surface area contributed by atoms with E-state index in [-0.39, 0.29) is 11.8 Å². The molecule has 1 aliphatic rings. The van der Waals surface area contributed by atoms with Gasteiger partial charge in [0, 0.05) is 35.1 Å². The van der Waals surface area contributed by atoms with Crippen molar-refractivity contribution < 1.29 is 4.79 Å². The highest BCUT2D eigenvalue weighted by Gasteiger charge is 2.27. The molecule has 4 rings (SSSR count). The minimum Gasteiger partial charge on any atom is -0.324 e. The summed E-state index contributed by atoms with van der Waals surface area (Å²) in [6.07, 6.45) is 3.48. The molecule has 3 aromatic rings.